The quantitative estimate of drug-likeness (QED) is 0.621. The van der Waals surface area contributed by atoms with E-state index in [4.69, 9.17) is 0 Å². The highest BCUT2D eigenvalue weighted by Crippen LogP contribution is 1.86. The smallest absolute Gasteiger partial charge is 0.0447 e. The van der Waals surface area contributed by atoms with Gasteiger partial charge < -0.3 is 4.98 Å². The third-order valence-electron chi connectivity index (χ3n) is 1.45. The van der Waals surface area contributed by atoms with Crippen LogP contribution in [-0.4, -0.2) is 4.98 Å². The molecule has 1 nitrogen and oxygen atoms in total. The Balaban J connectivity index is 0.00000121. The van der Waals surface area contributed by atoms with Crippen molar-refractivity contribution in [3.05, 3.63) is 34.5 Å². The molecule has 0 atom stereocenters. The fourth-order valence-corrected chi connectivity index (χ4v) is 0.820. The van der Waals surface area contributed by atoms with Crippen molar-refractivity contribution in [2.75, 3.05) is 0 Å². The SMILES string of the molecule is C=c1cc[nH]/c1=C/C=C(C)C.[HH]. The molecule has 1 N–H and O–H groups in total. The minimum absolute atomic E-state index is 0. The van der Waals surface area contributed by atoms with Gasteiger partial charge in [0.15, 0.2) is 0 Å². The summed E-state index contributed by atoms with van der Waals surface area (Å²) >= 11 is 0. The molecule has 0 aliphatic carbocycles. The van der Waals surface area contributed by atoms with E-state index in [0.717, 1.165) is 10.6 Å². The predicted molar refractivity (Wildman–Crippen MR) is 51.6 cm³/mol. The third kappa shape index (κ3) is 2.11. The van der Waals surface area contributed by atoms with E-state index < -0.39 is 0 Å². The average molecular weight is 149 g/mol. The number of rotatable bonds is 1. The van der Waals surface area contributed by atoms with Crippen molar-refractivity contribution in [1.29, 1.82) is 0 Å². The summed E-state index contributed by atoms with van der Waals surface area (Å²) in [4.78, 5) is 3.10. The minimum Gasteiger partial charge on any atom is -0.361 e. The summed E-state index contributed by atoms with van der Waals surface area (Å²) in [5.74, 6) is 0. The van der Waals surface area contributed by atoms with Gasteiger partial charge >= 0.3 is 0 Å². The molecule has 1 aromatic heterocycles. The molecule has 0 aliphatic rings. The molecule has 0 aliphatic heterocycles. The maximum absolute atomic E-state index is 3.87. The predicted octanol–water partition coefficient (Wildman–Crippen LogP) is 1.42. The van der Waals surface area contributed by atoms with Crippen LogP contribution in [0.4, 0.5) is 0 Å². The second-order valence-corrected chi connectivity index (χ2v) is 2.83. The van der Waals surface area contributed by atoms with Crippen molar-refractivity contribution in [1.82, 2.24) is 4.98 Å². The molecule has 0 amide bonds. The van der Waals surface area contributed by atoms with Gasteiger partial charge in [-0.15, -0.1) is 0 Å². The van der Waals surface area contributed by atoms with E-state index in [0.29, 0.717) is 0 Å². The van der Waals surface area contributed by atoms with Gasteiger partial charge in [-0.25, -0.2) is 0 Å². The molecule has 1 aromatic rings. The Morgan fingerprint density at radius 2 is 2.36 bits per heavy atom. The molecule has 1 heterocycles. The van der Waals surface area contributed by atoms with Crippen LogP contribution < -0.4 is 10.6 Å². The van der Waals surface area contributed by atoms with Gasteiger partial charge in [-0.2, -0.15) is 0 Å². The van der Waals surface area contributed by atoms with Gasteiger partial charge in [0, 0.05) is 13.0 Å². The highest BCUT2D eigenvalue weighted by Gasteiger charge is 1.79. The van der Waals surface area contributed by atoms with Crippen LogP contribution >= 0.6 is 0 Å². The van der Waals surface area contributed by atoms with Crippen molar-refractivity contribution < 1.29 is 1.43 Å². The molecule has 0 bridgehead atoms. The molecule has 0 spiro atoms. The monoisotopic (exact) mass is 149 g/mol. The largest absolute Gasteiger partial charge is 0.361 e. The van der Waals surface area contributed by atoms with E-state index in [1.165, 1.54) is 5.57 Å². The number of hydrogen-bond acceptors (Lipinski definition) is 0. The Bertz CT molecular complexity index is 355. The van der Waals surface area contributed by atoms with E-state index in [2.05, 4.69) is 31.5 Å². The van der Waals surface area contributed by atoms with Gasteiger partial charge in [0.05, 0.1) is 0 Å². The van der Waals surface area contributed by atoms with Crippen LogP contribution in [0.25, 0.3) is 12.7 Å². The molecule has 1 heteroatoms. The van der Waals surface area contributed by atoms with Crippen molar-refractivity contribution in [3.8, 4) is 0 Å². The summed E-state index contributed by atoms with van der Waals surface area (Å²) in [6, 6.07) is 1.96. The van der Waals surface area contributed by atoms with Crippen LogP contribution in [-0.2, 0) is 0 Å². The van der Waals surface area contributed by atoms with Crippen molar-refractivity contribution in [2.45, 2.75) is 13.8 Å². The van der Waals surface area contributed by atoms with Crippen LogP contribution in [0.5, 0.6) is 0 Å². The second-order valence-electron chi connectivity index (χ2n) is 2.83. The Kier molecular flexibility index (Phi) is 2.32. The molecule has 1 rings (SSSR count). The molecule has 0 unspecified atom stereocenters. The first-order valence-corrected chi connectivity index (χ1v) is 3.67. The Morgan fingerprint density at radius 3 is 2.82 bits per heavy atom. The molecule has 0 aromatic carbocycles. The number of H-pyrrole nitrogens is 1. The molecule has 0 fully saturated rings. The van der Waals surface area contributed by atoms with Gasteiger partial charge in [-0.1, -0.05) is 18.2 Å². The summed E-state index contributed by atoms with van der Waals surface area (Å²) in [6.45, 7) is 8.01. The summed E-state index contributed by atoms with van der Waals surface area (Å²) in [7, 11) is 0. The van der Waals surface area contributed by atoms with Gasteiger partial charge in [-0.3, -0.25) is 0 Å². The molecule has 0 saturated carbocycles. The van der Waals surface area contributed by atoms with Crippen LogP contribution in [0.2, 0.25) is 0 Å². The first-order chi connectivity index (χ1) is 5.20. The number of aromatic amines is 1. The van der Waals surface area contributed by atoms with Crippen molar-refractivity contribution in [2.24, 2.45) is 0 Å². The Morgan fingerprint density at radius 1 is 1.64 bits per heavy atom. The highest BCUT2D eigenvalue weighted by atomic mass is 14.6. The van der Waals surface area contributed by atoms with E-state index in [1.54, 1.807) is 0 Å². The first-order valence-electron chi connectivity index (χ1n) is 3.67. The fourth-order valence-electron chi connectivity index (χ4n) is 0.820. The van der Waals surface area contributed by atoms with Gasteiger partial charge in [-0.05, 0) is 31.2 Å². The number of hydrogen-bond donors (Lipinski definition) is 1. The third-order valence-corrected chi connectivity index (χ3v) is 1.45. The summed E-state index contributed by atoms with van der Waals surface area (Å²) in [5, 5.41) is 2.13. The van der Waals surface area contributed by atoms with Crippen LogP contribution in [0.15, 0.2) is 23.9 Å². The van der Waals surface area contributed by atoms with Gasteiger partial charge in [0.1, 0.15) is 0 Å². The summed E-state index contributed by atoms with van der Waals surface area (Å²) in [5.41, 5.74) is 1.29. The number of nitrogens with one attached hydrogen (secondary N) is 1. The topological polar surface area (TPSA) is 15.8 Å². The number of allylic oxidation sites excluding steroid dienone is 2. The molecule has 0 saturated heterocycles. The van der Waals surface area contributed by atoms with Crippen LogP contribution in [0, 0.1) is 0 Å². The lowest BCUT2D eigenvalue weighted by atomic mass is 10.3. The van der Waals surface area contributed by atoms with E-state index >= 15 is 0 Å². The molecule has 11 heavy (non-hydrogen) atoms. The minimum atomic E-state index is 0. The van der Waals surface area contributed by atoms with Crippen LogP contribution in [0.1, 0.15) is 15.3 Å². The lowest BCUT2D eigenvalue weighted by Gasteiger charge is -1.80. The highest BCUT2D eigenvalue weighted by molar-refractivity contribution is 5.37. The normalized spacial score (nSPS) is 11.6. The molecular formula is C10H15N. The molecule has 60 valence electrons. The average Bonchev–Trinajstić information content (AvgIpc) is 2.31. The van der Waals surface area contributed by atoms with E-state index in [1.807, 2.05) is 18.3 Å². The van der Waals surface area contributed by atoms with Crippen LogP contribution in [0.3, 0.4) is 0 Å². The first kappa shape index (κ1) is 7.86. The second kappa shape index (κ2) is 3.24. The Hall–Kier alpha value is -1.24. The lowest BCUT2D eigenvalue weighted by Crippen LogP contribution is -2.19. The Labute approximate surface area is 68.2 Å². The maximum atomic E-state index is 3.87. The van der Waals surface area contributed by atoms with Crippen molar-refractivity contribution >= 4 is 12.7 Å². The number of aromatic nitrogens is 1. The van der Waals surface area contributed by atoms with Crippen molar-refractivity contribution in [3.63, 3.8) is 0 Å². The standard InChI is InChI=1S/C10H13N.H2/c1-8(2)4-5-10-9(3)6-7-11-10;/h4-7,11H,3H2,1-2H3;1H/b10-5+;. The molecule has 0 radical (unpaired) electrons. The van der Waals surface area contributed by atoms with Gasteiger partial charge in [0.2, 0.25) is 0 Å². The zero-order valence-electron chi connectivity index (χ0n) is 7.02. The fraction of sp³-hybridized carbons (Fsp3) is 0.200. The zero-order chi connectivity index (χ0) is 8.27. The summed E-state index contributed by atoms with van der Waals surface area (Å²) < 4.78 is 0. The maximum Gasteiger partial charge on any atom is 0.0447 e. The molecular weight excluding hydrogens is 134 g/mol. The lowest BCUT2D eigenvalue weighted by molar-refractivity contribution is 1.31. The zero-order valence-corrected chi connectivity index (χ0v) is 7.02. The summed E-state index contributed by atoms with van der Waals surface area (Å²) in [6.07, 6.45) is 6.01. The van der Waals surface area contributed by atoms with Gasteiger partial charge in [0.25, 0.3) is 0 Å². The van der Waals surface area contributed by atoms with E-state index in [9.17, 15) is 0 Å². The van der Waals surface area contributed by atoms with E-state index in [-0.39, 0.29) is 1.43 Å².